The molecule has 1 aromatic rings. The van der Waals surface area contributed by atoms with Gasteiger partial charge < -0.3 is 29.5 Å². The van der Waals surface area contributed by atoms with Gasteiger partial charge in [-0.25, -0.2) is 0 Å². The van der Waals surface area contributed by atoms with Gasteiger partial charge in [-0.2, -0.15) is 0 Å². The van der Waals surface area contributed by atoms with Crippen LogP contribution in [0.5, 0.6) is 17.2 Å². The first-order chi connectivity index (χ1) is 10.0. The second-order valence-electron chi connectivity index (χ2n) is 5.33. The Morgan fingerprint density at radius 2 is 1.86 bits per heavy atom. The van der Waals surface area contributed by atoms with E-state index in [9.17, 15) is 15.3 Å². The molecule has 0 bridgehead atoms. The molecule has 3 rings (SSSR count). The Hall–Kier alpha value is -1.02. The minimum Gasteiger partial charge on any atom is -0.492 e. The number of hydrogen-bond acceptors (Lipinski definition) is 6. The number of methoxy groups -OCH3 is 1. The molecule has 3 N–H and O–H groups in total. The summed E-state index contributed by atoms with van der Waals surface area (Å²) in [7, 11) is 1.53. The Balaban J connectivity index is 2.02. The lowest BCUT2D eigenvalue weighted by atomic mass is 9.79. The van der Waals surface area contributed by atoms with Gasteiger partial charge in [0.2, 0.25) is 12.5 Å². The van der Waals surface area contributed by atoms with Gasteiger partial charge in [0.15, 0.2) is 11.5 Å². The van der Waals surface area contributed by atoms with Crippen molar-refractivity contribution in [2.75, 3.05) is 13.9 Å². The number of hydrogen-bond donors (Lipinski definition) is 3. The first-order valence-corrected chi connectivity index (χ1v) is 7.52. The third-order valence-electron chi connectivity index (χ3n) is 4.08. The summed E-state index contributed by atoms with van der Waals surface area (Å²) in [6.07, 6.45) is -2.10. The van der Waals surface area contributed by atoms with Crippen molar-refractivity contribution in [1.29, 1.82) is 0 Å². The van der Waals surface area contributed by atoms with E-state index in [0.29, 0.717) is 21.7 Å². The van der Waals surface area contributed by atoms with Crippen molar-refractivity contribution in [3.8, 4) is 17.2 Å². The van der Waals surface area contributed by atoms with Crippen molar-refractivity contribution in [3.05, 3.63) is 16.1 Å². The highest BCUT2D eigenvalue weighted by molar-refractivity contribution is 9.10. The highest BCUT2D eigenvalue weighted by atomic mass is 79.9. The van der Waals surface area contributed by atoms with E-state index in [1.165, 1.54) is 7.11 Å². The number of ether oxygens (including phenoxy) is 3. The molecule has 1 aliphatic carbocycles. The molecule has 21 heavy (non-hydrogen) atoms. The molecular weight excluding hydrogens is 344 g/mol. The molecule has 1 fully saturated rings. The van der Waals surface area contributed by atoms with Crippen molar-refractivity contribution in [1.82, 2.24) is 0 Å². The van der Waals surface area contributed by atoms with E-state index in [-0.39, 0.29) is 25.6 Å². The van der Waals surface area contributed by atoms with Crippen LogP contribution in [0.1, 0.15) is 24.3 Å². The summed E-state index contributed by atoms with van der Waals surface area (Å²) in [6.45, 7) is 0.121. The number of aliphatic hydroxyl groups excluding tert-OH is 3. The Labute approximate surface area is 130 Å². The number of fused-ring (bicyclic) bond motifs is 1. The summed E-state index contributed by atoms with van der Waals surface area (Å²) in [5, 5.41) is 29.8. The zero-order chi connectivity index (χ0) is 15.1. The molecule has 7 heteroatoms. The normalized spacial score (nSPS) is 31.3. The summed E-state index contributed by atoms with van der Waals surface area (Å²) in [5.74, 6) is 1.27. The lowest BCUT2D eigenvalue weighted by Gasteiger charge is -2.35. The van der Waals surface area contributed by atoms with E-state index in [1.54, 1.807) is 6.07 Å². The first-order valence-electron chi connectivity index (χ1n) is 6.73. The van der Waals surface area contributed by atoms with Crippen LogP contribution in [-0.2, 0) is 0 Å². The molecule has 0 spiro atoms. The van der Waals surface area contributed by atoms with E-state index >= 15 is 0 Å². The molecule has 0 radical (unpaired) electrons. The molecular formula is C14H17BrO6. The molecule has 1 aromatic carbocycles. The van der Waals surface area contributed by atoms with Crippen LogP contribution in [0, 0.1) is 0 Å². The Morgan fingerprint density at radius 1 is 1.14 bits per heavy atom. The predicted molar refractivity (Wildman–Crippen MR) is 76.8 cm³/mol. The summed E-state index contributed by atoms with van der Waals surface area (Å²) in [4.78, 5) is 0. The highest BCUT2D eigenvalue weighted by Gasteiger charge is 2.38. The molecule has 1 saturated carbocycles. The van der Waals surface area contributed by atoms with Gasteiger partial charge in [0, 0.05) is 12.3 Å². The van der Waals surface area contributed by atoms with Gasteiger partial charge in [-0.1, -0.05) is 0 Å². The molecule has 0 amide bonds. The van der Waals surface area contributed by atoms with Crippen molar-refractivity contribution in [2.45, 2.75) is 37.1 Å². The summed E-state index contributed by atoms with van der Waals surface area (Å²) in [6, 6.07) is 1.78. The lowest BCUT2D eigenvalue weighted by molar-refractivity contribution is -0.0601. The molecule has 116 valence electrons. The topological polar surface area (TPSA) is 88.4 Å². The largest absolute Gasteiger partial charge is 0.492 e. The average Bonchev–Trinajstić information content (AvgIpc) is 2.90. The lowest BCUT2D eigenvalue weighted by Crippen LogP contribution is -2.40. The van der Waals surface area contributed by atoms with Crippen LogP contribution in [0.3, 0.4) is 0 Å². The zero-order valence-corrected chi connectivity index (χ0v) is 13.0. The van der Waals surface area contributed by atoms with Gasteiger partial charge in [-0.3, -0.25) is 0 Å². The van der Waals surface area contributed by atoms with Crippen LogP contribution in [0.25, 0.3) is 0 Å². The van der Waals surface area contributed by atoms with E-state index in [2.05, 4.69) is 15.9 Å². The van der Waals surface area contributed by atoms with Crippen LogP contribution in [0.2, 0.25) is 0 Å². The zero-order valence-electron chi connectivity index (χ0n) is 11.5. The fraction of sp³-hybridized carbons (Fsp3) is 0.571. The summed E-state index contributed by atoms with van der Waals surface area (Å²) >= 11 is 3.48. The monoisotopic (exact) mass is 360 g/mol. The van der Waals surface area contributed by atoms with Gasteiger partial charge in [-0.15, -0.1) is 0 Å². The number of benzene rings is 1. The van der Waals surface area contributed by atoms with Crippen LogP contribution >= 0.6 is 15.9 Å². The van der Waals surface area contributed by atoms with E-state index in [0.717, 1.165) is 5.56 Å². The van der Waals surface area contributed by atoms with Crippen LogP contribution < -0.4 is 14.2 Å². The molecule has 2 aliphatic rings. The van der Waals surface area contributed by atoms with Gasteiger partial charge in [-0.05, 0) is 34.0 Å². The standard InChI is InChI=1S/C14H17BrO6/c1-19-14-12(15)7(3-11-13(14)21-5-20-11)6-2-9(17)10(18)4-8(6)16/h3,6,8-10,16-18H,2,4-5H2,1H3. The molecule has 6 nitrogen and oxygen atoms in total. The third-order valence-corrected chi connectivity index (χ3v) is 4.90. The molecule has 0 aromatic heterocycles. The Morgan fingerprint density at radius 3 is 2.57 bits per heavy atom. The maximum atomic E-state index is 10.2. The number of aliphatic hydroxyl groups is 3. The Bertz CT molecular complexity index is 549. The van der Waals surface area contributed by atoms with Gasteiger partial charge in [0.25, 0.3) is 0 Å². The smallest absolute Gasteiger partial charge is 0.231 e. The second-order valence-corrected chi connectivity index (χ2v) is 6.12. The molecule has 0 saturated heterocycles. The second kappa shape index (κ2) is 5.64. The van der Waals surface area contributed by atoms with E-state index in [1.807, 2.05) is 0 Å². The predicted octanol–water partition coefficient (Wildman–Crippen LogP) is 1.15. The molecule has 4 unspecified atom stereocenters. The highest BCUT2D eigenvalue weighted by Crippen LogP contribution is 2.50. The first kappa shape index (κ1) is 14.9. The SMILES string of the molecule is COc1c(Br)c(C2CC(O)C(O)CC2O)cc2c1OCO2. The molecule has 4 atom stereocenters. The van der Waals surface area contributed by atoms with Crippen LogP contribution in [0.4, 0.5) is 0 Å². The van der Waals surface area contributed by atoms with E-state index < -0.39 is 18.3 Å². The average molecular weight is 361 g/mol. The van der Waals surface area contributed by atoms with Crippen molar-refractivity contribution in [2.24, 2.45) is 0 Å². The van der Waals surface area contributed by atoms with Crippen molar-refractivity contribution >= 4 is 15.9 Å². The maximum absolute atomic E-state index is 10.2. The van der Waals surface area contributed by atoms with Gasteiger partial charge >= 0.3 is 0 Å². The molecule has 1 aliphatic heterocycles. The minimum atomic E-state index is -0.897. The maximum Gasteiger partial charge on any atom is 0.231 e. The van der Waals surface area contributed by atoms with Crippen LogP contribution in [0.15, 0.2) is 10.5 Å². The Kier molecular flexibility index (Phi) is 4.00. The summed E-state index contributed by atoms with van der Waals surface area (Å²) < 4.78 is 16.8. The van der Waals surface area contributed by atoms with Gasteiger partial charge in [0.05, 0.1) is 29.9 Å². The quantitative estimate of drug-likeness (QED) is 0.733. The van der Waals surface area contributed by atoms with E-state index in [4.69, 9.17) is 14.2 Å². The fourth-order valence-corrected chi connectivity index (χ4v) is 3.69. The summed E-state index contributed by atoms with van der Waals surface area (Å²) in [5.41, 5.74) is 0.773. The number of halogens is 1. The number of rotatable bonds is 2. The van der Waals surface area contributed by atoms with Crippen molar-refractivity contribution in [3.63, 3.8) is 0 Å². The van der Waals surface area contributed by atoms with Crippen molar-refractivity contribution < 1.29 is 29.5 Å². The molecule has 1 heterocycles. The van der Waals surface area contributed by atoms with Crippen LogP contribution in [-0.4, -0.2) is 47.5 Å². The minimum absolute atomic E-state index is 0.121. The van der Waals surface area contributed by atoms with Gasteiger partial charge in [0.1, 0.15) is 0 Å². The fourth-order valence-electron chi connectivity index (χ4n) is 2.94. The third kappa shape index (κ3) is 2.48.